The summed E-state index contributed by atoms with van der Waals surface area (Å²) < 4.78 is 14.7. The van der Waals surface area contributed by atoms with Crippen LogP contribution in [0.25, 0.3) is 0 Å². The first-order valence-electron chi connectivity index (χ1n) is 9.50. The smallest absolute Gasteiger partial charge is 0.270 e. The average molecular weight is 458 g/mol. The minimum absolute atomic E-state index is 0.0602. The second-order valence-corrected chi connectivity index (χ2v) is 7.42. The van der Waals surface area contributed by atoms with Crippen LogP contribution in [-0.4, -0.2) is 37.3 Å². The Bertz CT molecular complexity index is 1140. The maximum Gasteiger partial charge on any atom is 0.270 e. The zero-order chi connectivity index (χ0) is 23.1. The largest absolute Gasteiger partial charge is 0.345 e. The molecule has 12 heteroatoms. The van der Waals surface area contributed by atoms with Gasteiger partial charge < -0.3 is 15.2 Å². The van der Waals surface area contributed by atoms with E-state index < -0.39 is 16.6 Å². The maximum atomic E-state index is 13.0. The number of anilines is 1. The minimum Gasteiger partial charge on any atom is -0.345 e. The van der Waals surface area contributed by atoms with E-state index in [2.05, 4.69) is 20.8 Å². The van der Waals surface area contributed by atoms with Gasteiger partial charge in [0.2, 0.25) is 5.91 Å². The molecule has 1 heterocycles. The van der Waals surface area contributed by atoms with Crippen LogP contribution in [0.15, 0.2) is 53.7 Å². The summed E-state index contributed by atoms with van der Waals surface area (Å²) in [5.74, 6) is -0.610. The number of carbonyl (C=O) groups is 2. The molecule has 166 valence electrons. The number of nitro benzene ring substituents is 1. The van der Waals surface area contributed by atoms with Crippen molar-refractivity contribution >= 4 is 35.0 Å². The van der Waals surface area contributed by atoms with E-state index in [-0.39, 0.29) is 29.5 Å². The highest BCUT2D eigenvalue weighted by atomic mass is 32.2. The quantitative estimate of drug-likeness (QED) is 0.286. The number of nitro groups is 1. The first-order chi connectivity index (χ1) is 15.4. The predicted octanol–water partition coefficient (Wildman–Crippen LogP) is 3.01. The summed E-state index contributed by atoms with van der Waals surface area (Å²) in [6, 6.07) is 10.9. The van der Waals surface area contributed by atoms with Crippen molar-refractivity contribution < 1.29 is 18.9 Å². The fraction of sp³-hybridized carbons (Fsp3) is 0.200. The minimum atomic E-state index is -0.569. The Labute approximate surface area is 186 Å². The van der Waals surface area contributed by atoms with Crippen LogP contribution in [0.3, 0.4) is 0 Å². The summed E-state index contributed by atoms with van der Waals surface area (Å²) in [6.45, 7) is 2.44. The van der Waals surface area contributed by atoms with E-state index in [0.717, 1.165) is 0 Å². The molecular weight excluding hydrogens is 439 g/mol. The highest BCUT2D eigenvalue weighted by Crippen LogP contribution is 2.18. The summed E-state index contributed by atoms with van der Waals surface area (Å²) in [6.07, 6.45) is 0. The molecule has 0 spiro atoms. The van der Waals surface area contributed by atoms with Crippen LogP contribution in [-0.2, 0) is 17.9 Å². The lowest BCUT2D eigenvalue weighted by molar-refractivity contribution is -0.384. The second kappa shape index (κ2) is 10.5. The lowest BCUT2D eigenvalue weighted by atomic mass is 10.2. The van der Waals surface area contributed by atoms with Crippen LogP contribution >= 0.6 is 11.8 Å². The SMILES string of the molecule is CCn1c(CNC(=O)c2cccc([N+](=O)[O-])c2)nnc1SCC(=O)Nc1ccc(F)cc1. The molecule has 0 fully saturated rings. The van der Waals surface area contributed by atoms with Crippen molar-refractivity contribution in [3.8, 4) is 0 Å². The van der Waals surface area contributed by atoms with E-state index in [4.69, 9.17) is 0 Å². The van der Waals surface area contributed by atoms with Crippen molar-refractivity contribution in [1.82, 2.24) is 20.1 Å². The van der Waals surface area contributed by atoms with Gasteiger partial charge in [0.15, 0.2) is 11.0 Å². The number of carbonyl (C=O) groups excluding carboxylic acids is 2. The van der Waals surface area contributed by atoms with E-state index in [1.807, 2.05) is 6.92 Å². The van der Waals surface area contributed by atoms with Crippen LogP contribution in [0.4, 0.5) is 15.8 Å². The number of nitrogens with one attached hydrogen (secondary N) is 2. The molecule has 0 aliphatic heterocycles. The van der Waals surface area contributed by atoms with Gasteiger partial charge in [-0.1, -0.05) is 17.8 Å². The molecule has 0 radical (unpaired) electrons. The number of amides is 2. The Morgan fingerprint density at radius 2 is 1.94 bits per heavy atom. The van der Waals surface area contributed by atoms with Gasteiger partial charge in [0.25, 0.3) is 11.6 Å². The summed E-state index contributed by atoms with van der Waals surface area (Å²) in [5.41, 5.74) is 0.472. The number of aromatic nitrogens is 3. The Kier molecular flexibility index (Phi) is 7.49. The van der Waals surface area contributed by atoms with Crippen LogP contribution in [0.5, 0.6) is 0 Å². The average Bonchev–Trinajstić information content (AvgIpc) is 3.19. The topological polar surface area (TPSA) is 132 Å². The number of nitrogens with zero attached hydrogens (tertiary/aromatic N) is 4. The molecule has 3 aromatic rings. The fourth-order valence-corrected chi connectivity index (χ4v) is 3.58. The lowest BCUT2D eigenvalue weighted by Crippen LogP contribution is -2.25. The van der Waals surface area contributed by atoms with Gasteiger partial charge >= 0.3 is 0 Å². The Morgan fingerprint density at radius 1 is 1.19 bits per heavy atom. The van der Waals surface area contributed by atoms with Gasteiger partial charge in [-0.05, 0) is 37.3 Å². The summed E-state index contributed by atoms with van der Waals surface area (Å²) in [5, 5.41) is 24.8. The molecule has 2 N–H and O–H groups in total. The molecule has 0 saturated heterocycles. The third kappa shape index (κ3) is 5.88. The predicted molar refractivity (Wildman–Crippen MR) is 116 cm³/mol. The molecule has 0 saturated carbocycles. The molecule has 3 rings (SSSR count). The van der Waals surface area contributed by atoms with Gasteiger partial charge in [-0.15, -0.1) is 10.2 Å². The summed E-state index contributed by atoms with van der Waals surface area (Å²) >= 11 is 1.17. The molecular formula is C20H19FN6O4S. The first-order valence-corrected chi connectivity index (χ1v) is 10.5. The first kappa shape index (κ1) is 22.9. The van der Waals surface area contributed by atoms with Crippen LogP contribution in [0.1, 0.15) is 23.1 Å². The van der Waals surface area contributed by atoms with Crippen LogP contribution < -0.4 is 10.6 Å². The van der Waals surface area contributed by atoms with Gasteiger partial charge in [-0.3, -0.25) is 19.7 Å². The van der Waals surface area contributed by atoms with E-state index >= 15 is 0 Å². The number of rotatable bonds is 9. The highest BCUT2D eigenvalue weighted by molar-refractivity contribution is 7.99. The lowest BCUT2D eigenvalue weighted by Gasteiger charge is -2.09. The third-order valence-electron chi connectivity index (χ3n) is 4.30. The van der Waals surface area contributed by atoms with Gasteiger partial charge in [-0.2, -0.15) is 0 Å². The molecule has 2 amide bonds. The second-order valence-electron chi connectivity index (χ2n) is 6.48. The van der Waals surface area contributed by atoms with Crippen LogP contribution in [0, 0.1) is 15.9 Å². The van der Waals surface area contributed by atoms with E-state index in [1.165, 1.54) is 60.3 Å². The number of benzene rings is 2. The summed E-state index contributed by atoms with van der Waals surface area (Å²) in [4.78, 5) is 34.8. The maximum absolute atomic E-state index is 13.0. The van der Waals surface area contributed by atoms with E-state index in [1.54, 1.807) is 4.57 Å². The van der Waals surface area contributed by atoms with Crippen molar-refractivity contribution in [3.05, 3.63) is 75.9 Å². The molecule has 10 nitrogen and oxygen atoms in total. The molecule has 0 bridgehead atoms. The van der Waals surface area contributed by atoms with Gasteiger partial charge in [0, 0.05) is 29.9 Å². The monoisotopic (exact) mass is 458 g/mol. The zero-order valence-corrected chi connectivity index (χ0v) is 17.8. The van der Waals surface area contributed by atoms with E-state index in [9.17, 15) is 24.1 Å². The Hall–Kier alpha value is -3.80. The van der Waals surface area contributed by atoms with Gasteiger partial charge in [-0.25, -0.2) is 4.39 Å². The van der Waals surface area contributed by atoms with Crippen molar-refractivity contribution in [2.24, 2.45) is 0 Å². The normalized spacial score (nSPS) is 10.6. The highest BCUT2D eigenvalue weighted by Gasteiger charge is 2.16. The fourth-order valence-electron chi connectivity index (χ4n) is 2.76. The zero-order valence-electron chi connectivity index (χ0n) is 16.9. The molecule has 0 aliphatic rings. The number of halogens is 1. The molecule has 1 aromatic heterocycles. The molecule has 32 heavy (non-hydrogen) atoms. The number of hydrogen-bond donors (Lipinski definition) is 2. The molecule has 0 atom stereocenters. The van der Waals surface area contributed by atoms with Crippen molar-refractivity contribution in [2.45, 2.75) is 25.2 Å². The molecule has 0 unspecified atom stereocenters. The standard InChI is InChI=1S/C20H19FN6O4S/c1-2-26-17(11-22-19(29)13-4-3-5-16(10-13)27(30)31)24-25-20(26)32-12-18(28)23-15-8-6-14(21)7-9-15/h3-10H,2,11-12H2,1H3,(H,22,29)(H,23,28). The van der Waals surface area contributed by atoms with E-state index in [0.29, 0.717) is 23.2 Å². The number of hydrogen-bond acceptors (Lipinski definition) is 7. The van der Waals surface area contributed by atoms with Crippen molar-refractivity contribution in [3.63, 3.8) is 0 Å². The number of thioether (sulfide) groups is 1. The molecule has 0 aliphatic carbocycles. The summed E-state index contributed by atoms with van der Waals surface area (Å²) in [7, 11) is 0. The molecule has 2 aromatic carbocycles. The van der Waals surface area contributed by atoms with Gasteiger partial charge in [0.1, 0.15) is 5.82 Å². The van der Waals surface area contributed by atoms with Crippen molar-refractivity contribution in [2.75, 3.05) is 11.1 Å². The number of non-ortho nitro benzene ring substituents is 1. The Balaban J connectivity index is 1.57. The van der Waals surface area contributed by atoms with Crippen LogP contribution in [0.2, 0.25) is 0 Å². The Morgan fingerprint density at radius 3 is 2.62 bits per heavy atom. The van der Waals surface area contributed by atoms with Crippen molar-refractivity contribution in [1.29, 1.82) is 0 Å². The van der Waals surface area contributed by atoms with Gasteiger partial charge in [0.05, 0.1) is 17.2 Å². The third-order valence-corrected chi connectivity index (χ3v) is 5.26.